The second-order valence-corrected chi connectivity index (χ2v) is 6.89. The number of ether oxygens (including phenoxy) is 2. The van der Waals surface area contributed by atoms with Crippen molar-refractivity contribution >= 4 is 23.3 Å². The van der Waals surface area contributed by atoms with Gasteiger partial charge in [0.15, 0.2) is 0 Å². The number of anilines is 2. The summed E-state index contributed by atoms with van der Waals surface area (Å²) >= 11 is 0. The number of guanidine groups is 2. The average molecular weight is 382 g/mol. The molecule has 2 aromatic carbocycles. The zero-order valence-electron chi connectivity index (χ0n) is 16.1. The predicted molar refractivity (Wildman–Crippen MR) is 113 cm³/mol. The Labute approximate surface area is 164 Å². The number of nitrogen functional groups attached to an aromatic ring is 1. The SMILES string of the molecule is CC1(C)N=C(N)N=C(N)N1c1cccc(OCCCOc2ccc(N)cc2)c1. The molecule has 0 bridgehead atoms. The molecule has 0 spiro atoms. The van der Waals surface area contributed by atoms with Crippen molar-refractivity contribution in [1.82, 2.24) is 0 Å². The highest BCUT2D eigenvalue weighted by atomic mass is 16.5. The van der Waals surface area contributed by atoms with Crippen LogP contribution in [0.15, 0.2) is 58.5 Å². The van der Waals surface area contributed by atoms with Gasteiger partial charge in [0.1, 0.15) is 17.2 Å². The molecule has 0 aromatic heterocycles. The van der Waals surface area contributed by atoms with Gasteiger partial charge in [-0.15, -0.1) is 0 Å². The molecule has 0 radical (unpaired) electrons. The van der Waals surface area contributed by atoms with Crippen molar-refractivity contribution in [3.05, 3.63) is 48.5 Å². The van der Waals surface area contributed by atoms with Crippen molar-refractivity contribution in [2.45, 2.75) is 25.9 Å². The number of aliphatic imine (C=N–C) groups is 2. The van der Waals surface area contributed by atoms with Crippen LogP contribution in [-0.2, 0) is 0 Å². The summed E-state index contributed by atoms with van der Waals surface area (Å²) in [7, 11) is 0. The molecule has 0 fully saturated rings. The fraction of sp³-hybridized carbons (Fsp3) is 0.300. The highest BCUT2D eigenvalue weighted by molar-refractivity contribution is 6.05. The second kappa shape index (κ2) is 8.08. The molecule has 1 heterocycles. The van der Waals surface area contributed by atoms with Crippen LogP contribution in [-0.4, -0.2) is 30.8 Å². The van der Waals surface area contributed by atoms with Crippen LogP contribution in [0.5, 0.6) is 11.5 Å². The number of hydrogen-bond donors (Lipinski definition) is 3. The smallest absolute Gasteiger partial charge is 0.220 e. The molecule has 8 nitrogen and oxygen atoms in total. The maximum Gasteiger partial charge on any atom is 0.220 e. The number of benzene rings is 2. The molecule has 0 atom stereocenters. The molecule has 8 heteroatoms. The molecule has 1 aliphatic rings. The molecule has 1 aliphatic heterocycles. The molecule has 3 rings (SSSR count). The minimum atomic E-state index is -0.637. The van der Waals surface area contributed by atoms with Gasteiger partial charge in [0.05, 0.1) is 13.2 Å². The number of hydrogen-bond acceptors (Lipinski definition) is 8. The van der Waals surface area contributed by atoms with Crippen LogP contribution in [0.1, 0.15) is 20.3 Å². The van der Waals surface area contributed by atoms with E-state index in [0.717, 1.165) is 23.6 Å². The average Bonchev–Trinajstić information content (AvgIpc) is 2.62. The molecular formula is C20H26N6O2. The third-order valence-corrected chi connectivity index (χ3v) is 4.18. The maximum absolute atomic E-state index is 6.08. The Morgan fingerprint density at radius 1 is 0.929 bits per heavy atom. The first-order valence-corrected chi connectivity index (χ1v) is 9.06. The topological polar surface area (TPSA) is 124 Å². The fourth-order valence-electron chi connectivity index (χ4n) is 2.97. The van der Waals surface area contributed by atoms with E-state index in [9.17, 15) is 0 Å². The third kappa shape index (κ3) is 4.64. The minimum Gasteiger partial charge on any atom is -0.493 e. The molecular weight excluding hydrogens is 356 g/mol. The van der Waals surface area contributed by atoms with Gasteiger partial charge >= 0.3 is 0 Å². The summed E-state index contributed by atoms with van der Waals surface area (Å²) in [4.78, 5) is 10.3. The van der Waals surface area contributed by atoms with E-state index < -0.39 is 5.66 Å². The molecule has 0 saturated carbocycles. The first kappa shape index (κ1) is 19.3. The van der Waals surface area contributed by atoms with Gasteiger partial charge in [-0.3, -0.25) is 4.90 Å². The molecule has 0 aliphatic carbocycles. The van der Waals surface area contributed by atoms with Gasteiger partial charge in [0.2, 0.25) is 11.9 Å². The Morgan fingerprint density at radius 3 is 2.29 bits per heavy atom. The van der Waals surface area contributed by atoms with Gasteiger partial charge in [-0.05, 0) is 50.2 Å². The van der Waals surface area contributed by atoms with Crippen LogP contribution in [0.3, 0.4) is 0 Å². The van der Waals surface area contributed by atoms with Gasteiger partial charge in [0.25, 0.3) is 0 Å². The normalized spacial score (nSPS) is 15.6. The van der Waals surface area contributed by atoms with E-state index in [1.54, 1.807) is 0 Å². The van der Waals surface area contributed by atoms with Crippen molar-refractivity contribution < 1.29 is 9.47 Å². The van der Waals surface area contributed by atoms with E-state index in [1.807, 2.05) is 67.3 Å². The Balaban J connectivity index is 1.55. The lowest BCUT2D eigenvalue weighted by molar-refractivity contribution is 0.247. The lowest BCUT2D eigenvalue weighted by Crippen LogP contribution is -2.54. The Morgan fingerprint density at radius 2 is 1.61 bits per heavy atom. The van der Waals surface area contributed by atoms with Crippen LogP contribution in [0.2, 0.25) is 0 Å². The third-order valence-electron chi connectivity index (χ3n) is 4.18. The van der Waals surface area contributed by atoms with Crippen molar-refractivity contribution in [2.75, 3.05) is 23.8 Å². The van der Waals surface area contributed by atoms with Crippen LogP contribution < -0.4 is 31.6 Å². The summed E-state index contributed by atoms with van der Waals surface area (Å²) in [5.41, 5.74) is 18.4. The summed E-state index contributed by atoms with van der Waals surface area (Å²) in [6.45, 7) is 4.92. The molecule has 2 aromatic rings. The van der Waals surface area contributed by atoms with E-state index in [2.05, 4.69) is 9.98 Å². The number of nitrogens with zero attached hydrogens (tertiary/aromatic N) is 3. The number of nitrogens with two attached hydrogens (primary N) is 3. The van der Waals surface area contributed by atoms with E-state index in [1.165, 1.54) is 0 Å². The summed E-state index contributed by atoms with van der Waals surface area (Å²) in [5.74, 6) is 1.99. The van der Waals surface area contributed by atoms with Crippen molar-refractivity contribution in [3.8, 4) is 11.5 Å². The van der Waals surface area contributed by atoms with Gasteiger partial charge in [-0.1, -0.05) is 6.07 Å². The first-order valence-electron chi connectivity index (χ1n) is 9.06. The van der Waals surface area contributed by atoms with Crippen LogP contribution in [0, 0.1) is 0 Å². The zero-order valence-corrected chi connectivity index (χ0v) is 16.1. The Hall–Kier alpha value is -3.42. The van der Waals surface area contributed by atoms with Gasteiger partial charge in [-0.2, -0.15) is 4.99 Å². The molecule has 28 heavy (non-hydrogen) atoms. The van der Waals surface area contributed by atoms with E-state index in [0.29, 0.717) is 24.9 Å². The zero-order chi connectivity index (χ0) is 20.1. The summed E-state index contributed by atoms with van der Waals surface area (Å²) in [6.07, 6.45) is 0.744. The lowest BCUT2D eigenvalue weighted by atomic mass is 10.1. The van der Waals surface area contributed by atoms with Crippen molar-refractivity contribution in [1.29, 1.82) is 0 Å². The molecule has 6 N–H and O–H groups in total. The van der Waals surface area contributed by atoms with Crippen molar-refractivity contribution in [3.63, 3.8) is 0 Å². The molecule has 0 unspecified atom stereocenters. The minimum absolute atomic E-state index is 0.173. The largest absolute Gasteiger partial charge is 0.493 e. The Bertz CT molecular complexity index is 877. The lowest BCUT2D eigenvalue weighted by Gasteiger charge is -2.38. The van der Waals surface area contributed by atoms with Gasteiger partial charge < -0.3 is 26.7 Å². The second-order valence-electron chi connectivity index (χ2n) is 6.89. The molecule has 0 amide bonds. The van der Waals surface area contributed by atoms with Crippen LogP contribution >= 0.6 is 0 Å². The highest BCUT2D eigenvalue weighted by Crippen LogP contribution is 2.29. The Kier molecular flexibility index (Phi) is 5.58. The van der Waals surface area contributed by atoms with Crippen LogP contribution in [0.25, 0.3) is 0 Å². The standard InChI is InChI=1S/C20H26N6O2/c1-20(2)25-18(22)24-19(23)26(20)15-5-3-6-17(13-15)28-12-4-11-27-16-9-7-14(21)8-10-16/h3,5-10,13H,4,11-12,21H2,1-2H3,(H4,22,23,24,25). The quantitative estimate of drug-likeness (QED) is 0.498. The molecule has 0 saturated heterocycles. The number of rotatable bonds is 7. The van der Waals surface area contributed by atoms with Gasteiger partial charge in [0, 0.05) is 23.9 Å². The summed E-state index contributed by atoms with van der Waals surface area (Å²) in [6, 6.07) is 15.0. The van der Waals surface area contributed by atoms with E-state index in [-0.39, 0.29) is 5.96 Å². The van der Waals surface area contributed by atoms with Crippen LogP contribution in [0.4, 0.5) is 11.4 Å². The fourth-order valence-corrected chi connectivity index (χ4v) is 2.97. The van der Waals surface area contributed by atoms with E-state index in [4.69, 9.17) is 26.7 Å². The summed E-state index contributed by atoms with van der Waals surface area (Å²) < 4.78 is 11.5. The van der Waals surface area contributed by atoms with Gasteiger partial charge in [-0.25, -0.2) is 4.99 Å². The molecule has 148 valence electrons. The predicted octanol–water partition coefficient (Wildman–Crippen LogP) is 2.30. The maximum atomic E-state index is 6.08. The highest BCUT2D eigenvalue weighted by Gasteiger charge is 2.33. The monoisotopic (exact) mass is 382 g/mol. The van der Waals surface area contributed by atoms with Crippen molar-refractivity contribution in [2.24, 2.45) is 21.5 Å². The first-order chi connectivity index (χ1) is 13.3. The van der Waals surface area contributed by atoms with E-state index >= 15 is 0 Å². The summed E-state index contributed by atoms with van der Waals surface area (Å²) in [5, 5.41) is 0.